The highest BCUT2D eigenvalue weighted by Gasteiger charge is 2.10. The van der Waals surface area contributed by atoms with E-state index in [4.69, 9.17) is 21.1 Å². The third-order valence-corrected chi connectivity index (χ3v) is 3.44. The Bertz CT molecular complexity index is 1210. The Morgan fingerprint density at radius 3 is 1.96 bits per heavy atom. The number of carbonyl (C=O) groups is 3. The quantitative estimate of drug-likeness (QED) is 0.400. The predicted molar refractivity (Wildman–Crippen MR) is 94.8 cm³/mol. The number of aromatic nitrogens is 1. The van der Waals surface area contributed by atoms with Crippen molar-refractivity contribution in [3.05, 3.63) is 74.1 Å². The molecule has 0 fully saturated rings. The van der Waals surface area contributed by atoms with Crippen molar-refractivity contribution in [3.63, 3.8) is 0 Å². The third kappa shape index (κ3) is 4.40. The molecule has 0 bridgehead atoms. The molecule has 0 radical (unpaired) electrons. The number of nitrogen functional groups attached to an aromatic ring is 1. The smallest absolute Gasteiger partial charge is 0.419 e. The molecule has 1 heterocycles. The Hall–Kier alpha value is -4.41. The average molecular weight is 388 g/mol. The first-order valence-corrected chi connectivity index (χ1v) is 7.36. The minimum atomic E-state index is -1.17. The average Bonchev–Trinajstić information content (AvgIpc) is 2.61. The number of H-pyrrole nitrogens is 1. The molecule has 0 unspecified atom stereocenters. The number of hydrogen-bond donors (Lipinski definition) is 5. The van der Waals surface area contributed by atoms with E-state index in [0.717, 1.165) is 6.07 Å². The van der Waals surface area contributed by atoms with E-state index in [1.165, 1.54) is 30.3 Å². The molecule has 2 aromatic carbocycles. The first-order chi connectivity index (χ1) is 13.1. The first kappa shape index (κ1) is 19.9. The fourth-order valence-corrected chi connectivity index (χ4v) is 2.12. The van der Waals surface area contributed by atoms with E-state index in [9.17, 15) is 24.0 Å². The molecule has 0 aliphatic rings. The molecular formula is C17H12N2O9. The summed E-state index contributed by atoms with van der Waals surface area (Å²) in [5.41, 5.74) is 4.50. The van der Waals surface area contributed by atoms with Gasteiger partial charge in [0.2, 0.25) is 0 Å². The van der Waals surface area contributed by atoms with Crippen molar-refractivity contribution in [2.75, 3.05) is 5.73 Å². The molecule has 3 rings (SSSR count). The number of aromatic carboxylic acids is 3. The zero-order chi connectivity index (χ0) is 21.0. The van der Waals surface area contributed by atoms with Crippen LogP contribution >= 0.6 is 0 Å². The molecule has 0 saturated heterocycles. The zero-order valence-electron chi connectivity index (χ0n) is 13.8. The van der Waals surface area contributed by atoms with E-state index in [-0.39, 0.29) is 33.3 Å². The second-order valence-corrected chi connectivity index (χ2v) is 5.28. The summed E-state index contributed by atoms with van der Waals surface area (Å²) in [6, 6.07) is 7.24. The van der Waals surface area contributed by atoms with Crippen molar-refractivity contribution in [1.29, 1.82) is 0 Å². The molecule has 3 aromatic rings. The van der Waals surface area contributed by atoms with Crippen LogP contribution in [0.1, 0.15) is 31.1 Å². The molecule has 0 aliphatic heterocycles. The summed E-state index contributed by atoms with van der Waals surface area (Å²) < 4.78 is 4.28. The number of benzene rings is 2. The van der Waals surface area contributed by atoms with Crippen molar-refractivity contribution in [2.45, 2.75) is 0 Å². The van der Waals surface area contributed by atoms with Gasteiger partial charge >= 0.3 is 29.3 Å². The molecular weight excluding hydrogens is 376 g/mol. The normalized spacial score (nSPS) is 10.0. The fraction of sp³-hybridized carbons (Fsp3) is 0. The van der Waals surface area contributed by atoms with Crippen LogP contribution in [0.5, 0.6) is 0 Å². The molecule has 11 heteroatoms. The van der Waals surface area contributed by atoms with Gasteiger partial charge in [0.1, 0.15) is 0 Å². The lowest BCUT2D eigenvalue weighted by atomic mass is 10.1. The van der Waals surface area contributed by atoms with Crippen LogP contribution in [0.3, 0.4) is 0 Å². The number of nitrogens with two attached hydrogens (primary N) is 1. The van der Waals surface area contributed by atoms with Crippen LogP contribution in [0.4, 0.5) is 5.69 Å². The van der Waals surface area contributed by atoms with Gasteiger partial charge in [-0.1, -0.05) is 0 Å². The first-order valence-electron chi connectivity index (χ1n) is 7.36. The van der Waals surface area contributed by atoms with Gasteiger partial charge in [-0.3, -0.25) is 4.98 Å². The predicted octanol–water partition coefficient (Wildman–Crippen LogP) is 0.845. The van der Waals surface area contributed by atoms with E-state index in [2.05, 4.69) is 9.40 Å². The van der Waals surface area contributed by atoms with Gasteiger partial charge < -0.3 is 25.5 Å². The lowest BCUT2D eigenvalue weighted by Gasteiger charge is -2.00. The van der Waals surface area contributed by atoms with Gasteiger partial charge in [0.25, 0.3) is 0 Å². The van der Waals surface area contributed by atoms with Gasteiger partial charge in [0.15, 0.2) is 0 Å². The summed E-state index contributed by atoms with van der Waals surface area (Å²) >= 11 is 0. The van der Waals surface area contributed by atoms with Crippen LogP contribution < -0.4 is 17.1 Å². The van der Waals surface area contributed by atoms with Crippen LogP contribution in [-0.4, -0.2) is 38.2 Å². The van der Waals surface area contributed by atoms with Gasteiger partial charge in [-0.15, -0.1) is 0 Å². The summed E-state index contributed by atoms with van der Waals surface area (Å²) in [5.74, 6) is -4.35. The molecule has 0 aliphatic carbocycles. The molecule has 1 aromatic heterocycles. The number of anilines is 1. The van der Waals surface area contributed by atoms with Crippen LogP contribution in [0.2, 0.25) is 0 Å². The lowest BCUT2D eigenvalue weighted by molar-refractivity contribution is 0.0682. The Balaban J connectivity index is 0.000000203. The second kappa shape index (κ2) is 7.86. The van der Waals surface area contributed by atoms with Gasteiger partial charge in [-0.25, -0.2) is 24.0 Å². The van der Waals surface area contributed by atoms with Crippen molar-refractivity contribution in [3.8, 4) is 0 Å². The van der Waals surface area contributed by atoms with Crippen molar-refractivity contribution in [2.24, 2.45) is 0 Å². The molecule has 6 N–H and O–H groups in total. The second-order valence-electron chi connectivity index (χ2n) is 5.28. The zero-order valence-corrected chi connectivity index (χ0v) is 13.8. The van der Waals surface area contributed by atoms with Gasteiger partial charge in [-0.05, 0) is 36.4 Å². The van der Waals surface area contributed by atoms with Crippen molar-refractivity contribution >= 4 is 34.5 Å². The summed E-state index contributed by atoms with van der Waals surface area (Å²) in [6.07, 6.45) is 0. The highest BCUT2D eigenvalue weighted by molar-refractivity contribution is 5.97. The Labute approximate surface area is 154 Å². The maximum Gasteiger partial charge on any atom is 0.419 e. The maximum atomic E-state index is 11.1. The summed E-state index contributed by atoms with van der Waals surface area (Å²) in [7, 11) is 0. The Morgan fingerprint density at radius 1 is 0.857 bits per heavy atom. The number of fused-ring (bicyclic) bond motifs is 1. The van der Waals surface area contributed by atoms with Gasteiger partial charge in [0, 0.05) is 5.69 Å². The molecule has 0 saturated carbocycles. The van der Waals surface area contributed by atoms with Gasteiger partial charge in [0.05, 0.1) is 27.6 Å². The molecule has 11 nitrogen and oxygen atoms in total. The largest absolute Gasteiger partial charge is 0.478 e. The number of carboxylic acid groups (broad SMARTS) is 3. The van der Waals surface area contributed by atoms with E-state index < -0.39 is 29.3 Å². The summed E-state index contributed by atoms with van der Waals surface area (Å²) in [4.78, 5) is 55.7. The van der Waals surface area contributed by atoms with Gasteiger partial charge in [-0.2, -0.15) is 0 Å². The minimum Gasteiger partial charge on any atom is -0.478 e. The Morgan fingerprint density at radius 2 is 1.43 bits per heavy atom. The van der Waals surface area contributed by atoms with Crippen molar-refractivity contribution in [1.82, 2.24) is 4.98 Å². The SMILES string of the molecule is Nc1cc(C(=O)O)ccc1C(=O)O.O=C(O)c1ccc2c(=O)oc(=O)[nH]c2c1. The van der Waals surface area contributed by atoms with Crippen LogP contribution in [0.25, 0.3) is 10.9 Å². The topological polar surface area (TPSA) is 201 Å². The fourth-order valence-electron chi connectivity index (χ4n) is 2.12. The van der Waals surface area contributed by atoms with Crippen LogP contribution in [0, 0.1) is 0 Å². The lowest BCUT2D eigenvalue weighted by Crippen LogP contribution is -2.14. The minimum absolute atomic E-state index is 0.0104. The molecule has 28 heavy (non-hydrogen) atoms. The van der Waals surface area contributed by atoms with Crippen LogP contribution in [-0.2, 0) is 0 Å². The number of hydrogen-bond acceptors (Lipinski definition) is 7. The highest BCUT2D eigenvalue weighted by atomic mass is 16.4. The number of rotatable bonds is 3. The third-order valence-electron chi connectivity index (χ3n) is 3.44. The number of nitrogens with one attached hydrogen (secondary N) is 1. The molecule has 0 spiro atoms. The molecule has 0 atom stereocenters. The highest BCUT2D eigenvalue weighted by Crippen LogP contribution is 2.14. The van der Waals surface area contributed by atoms with E-state index in [1.807, 2.05) is 0 Å². The number of carboxylic acids is 3. The monoisotopic (exact) mass is 388 g/mol. The number of aromatic amines is 1. The van der Waals surface area contributed by atoms with E-state index in [0.29, 0.717) is 0 Å². The van der Waals surface area contributed by atoms with Crippen molar-refractivity contribution < 1.29 is 34.1 Å². The Kier molecular flexibility index (Phi) is 5.59. The molecule has 0 amide bonds. The standard InChI is InChI=1S/C9H5NO5.C8H7NO4/c11-7(12)4-1-2-5-6(3-4)10-9(14)15-8(5)13;9-6-3-4(7(10)11)1-2-5(6)8(12)13/h1-3H,(H,10,14)(H,11,12);1-3H,9H2,(H,10,11)(H,12,13). The van der Waals surface area contributed by atoms with Crippen LogP contribution in [0.15, 0.2) is 50.4 Å². The van der Waals surface area contributed by atoms with E-state index >= 15 is 0 Å². The van der Waals surface area contributed by atoms with E-state index in [1.54, 1.807) is 0 Å². The summed E-state index contributed by atoms with van der Waals surface area (Å²) in [5, 5.41) is 25.9. The summed E-state index contributed by atoms with van der Waals surface area (Å²) in [6.45, 7) is 0. The molecule has 144 valence electrons. The maximum absolute atomic E-state index is 11.1.